The van der Waals surface area contributed by atoms with E-state index in [0.717, 1.165) is 37.4 Å². The van der Waals surface area contributed by atoms with Crippen LogP contribution in [0.25, 0.3) is 0 Å². The number of ether oxygens (including phenoxy) is 2. The number of hydrogen-bond donors (Lipinski definition) is 2. The number of benzene rings is 1. The fourth-order valence-electron chi connectivity index (χ4n) is 1.68. The molecule has 3 N–H and O–H groups in total. The molecule has 0 radical (unpaired) electrons. The Hall–Kier alpha value is -1.26. The maximum atomic E-state index is 5.71. The average molecular weight is 252 g/mol. The van der Waals surface area contributed by atoms with Gasteiger partial charge in [-0.15, -0.1) is 0 Å². The number of nitrogens with one attached hydrogen (secondary N) is 1. The summed E-state index contributed by atoms with van der Waals surface area (Å²) in [6.45, 7) is 5.17. The summed E-state index contributed by atoms with van der Waals surface area (Å²) in [5.74, 6) is 0. The van der Waals surface area contributed by atoms with Gasteiger partial charge in [-0.25, -0.2) is 0 Å². The third-order valence-corrected chi connectivity index (χ3v) is 2.71. The Bertz CT molecular complexity index is 343. The van der Waals surface area contributed by atoms with Crippen LogP contribution in [0.15, 0.2) is 18.2 Å². The first-order valence-corrected chi connectivity index (χ1v) is 6.40. The lowest BCUT2D eigenvalue weighted by molar-refractivity contribution is 0.0691. The van der Waals surface area contributed by atoms with Gasteiger partial charge in [0, 0.05) is 31.6 Å². The highest BCUT2D eigenvalue weighted by atomic mass is 16.5. The van der Waals surface area contributed by atoms with Gasteiger partial charge in [-0.05, 0) is 43.5 Å². The highest BCUT2D eigenvalue weighted by Crippen LogP contribution is 2.17. The average Bonchev–Trinajstić information content (AvgIpc) is 2.35. The van der Waals surface area contributed by atoms with Crippen molar-refractivity contribution in [3.63, 3.8) is 0 Å². The van der Waals surface area contributed by atoms with Gasteiger partial charge in [-0.1, -0.05) is 0 Å². The molecule has 0 saturated carbocycles. The summed E-state index contributed by atoms with van der Waals surface area (Å²) >= 11 is 0. The van der Waals surface area contributed by atoms with Gasteiger partial charge in [-0.2, -0.15) is 0 Å². The van der Waals surface area contributed by atoms with Crippen molar-refractivity contribution in [2.45, 2.75) is 19.8 Å². The molecule has 102 valence electrons. The Labute approximate surface area is 109 Å². The number of methoxy groups -OCH3 is 1. The van der Waals surface area contributed by atoms with Crippen molar-refractivity contribution < 1.29 is 9.47 Å². The number of hydrogen-bond acceptors (Lipinski definition) is 4. The van der Waals surface area contributed by atoms with Crippen molar-refractivity contribution in [2.75, 3.05) is 44.5 Å². The Morgan fingerprint density at radius 3 is 2.72 bits per heavy atom. The maximum absolute atomic E-state index is 5.71. The van der Waals surface area contributed by atoms with E-state index < -0.39 is 0 Å². The predicted molar refractivity (Wildman–Crippen MR) is 76.0 cm³/mol. The first kappa shape index (κ1) is 14.8. The topological polar surface area (TPSA) is 56.5 Å². The largest absolute Gasteiger partial charge is 0.399 e. The molecule has 0 aromatic heterocycles. The van der Waals surface area contributed by atoms with Crippen molar-refractivity contribution in [1.82, 2.24) is 0 Å². The van der Waals surface area contributed by atoms with Gasteiger partial charge in [0.05, 0.1) is 13.2 Å². The van der Waals surface area contributed by atoms with Gasteiger partial charge in [-0.3, -0.25) is 0 Å². The molecular weight excluding hydrogens is 228 g/mol. The number of anilines is 2. The van der Waals surface area contributed by atoms with Gasteiger partial charge in [0.25, 0.3) is 0 Å². The number of aryl methyl sites for hydroxylation is 1. The quantitative estimate of drug-likeness (QED) is 0.523. The van der Waals surface area contributed by atoms with Crippen LogP contribution in [-0.4, -0.2) is 33.5 Å². The third kappa shape index (κ3) is 5.89. The SMILES string of the molecule is COCCOCCCCNc1ccc(N)cc1C. The molecule has 0 bridgehead atoms. The molecule has 1 aromatic carbocycles. The minimum absolute atomic E-state index is 0.670. The number of unbranched alkanes of at least 4 members (excludes halogenated alkanes) is 1. The van der Waals surface area contributed by atoms with Crippen LogP contribution in [0.3, 0.4) is 0 Å². The van der Waals surface area contributed by atoms with Crippen molar-refractivity contribution in [1.29, 1.82) is 0 Å². The van der Waals surface area contributed by atoms with Crippen LogP contribution in [0.1, 0.15) is 18.4 Å². The lowest BCUT2D eigenvalue weighted by atomic mass is 10.2. The highest BCUT2D eigenvalue weighted by molar-refractivity contribution is 5.57. The second-order valence-corrected chi connectivity index (χ2v) is 4.31. The highest BCUT2D eigenvalue weighted by Gasteiger charge is 1.97. The summed E-state index contributed by atoms with van der Waals surface area (Å²) in [5, 5.41) is 3.41. The van der Waals surface area contributed by atoms with Crippen LogP contribution in [0.2, 0.25) is 0 Å². The molecule has 18 heavy (non-hydrogen) atoms. The molecule has 1 aromatic rings. The molecule has 0 aliphatic heterocycles. The van der Waals surface area contributed by atoms with Gasteiger partial charge in [0.15, 0.2) is 0 Å². The molecule has 0 aliphatic rings. The molecule has 0 fully saturated rings. The smallest absolute Gasteiger partial charge is 0.0700 e. The van der Waals surface area contributed by atoms with E-state index in [2.05, 4.69) is 12.2 Å². The fraction of sp³-hybridized carbons (Fsp3) is 0.571. The molecule has 1 rings (SSSR count). The van der Waals surface area contributed by atoms with E-state index in [-0.39, 0.29) is 0 Å². The Kier molecular flexibility index (Phi) is 7.22. The van der Waals surface area contributed by atoms with Crippen LogP contribution in [-0.2, 0) is 9.47 Å². The minimum Gasteiger partial charge on any atom is -0.399 e. The fourth-order valence-corrected chi connectivity index (χ4v) is 1.68. The van der Waals surface area contributed by atoms with Crippen molar-refractivity contribution in [3.8, 4) is 0 Å². The lowest BCUT2D eigenvalue weighted by Crippen LogP contribution is -2.07. The molecule has 4 heteroatoms. The molecule has 0 atom stereocenters. The molecule has 0 unspecified atom stereocenters. The van der Waals surface area contributed by atoms with Gasteiger partial charge in [0.1, 0.15) is 0 Å². The summed E-state index contributed by atoms with van der Waals surface area (Å²) in [6.07, 6.45) is 2.15. The normalized spacial score (nSPS) is 10.6. The van der Waals surface area contributed by atoms with Gasteiger partial charge >= 0.3 is 0 Å². The lowest BCUT2D eigenvalue weighted by Gasteiger charge is -2.10. The van der Waals surface area contributed by atoms with E-state index >= 15 is 0 Å². The first-order valence-electron chi connectivity index (χ1n) is 6.40. The van der Waals surface area contributed by atoms with E-state index in [0.29, 0.717) is 13.2 Å². The van der Waals surface area contributed by atoms with Crippen LogP contribution in [0.5, 0.6) is 0 Å². The standard InChI is InChI=1S/C14H24N2O2/c1-12-11-13(15)5-6-14(12)16-7-3-4-8-18-10-9-17-2/h5-6,11,16H,3-4,7-10,15H2,1-2H3. The predicted octanol–water partition coefficient (Wildman–Crippen LogP) is 2.43. The number of nitrogens with two attached hydrogens (primary N) is 1. The van der Waals surface area contributed by atoms with Crippen LogP contribution >= 0.6 is 0 Å². The molecule has 0 saturated heterocycles. The summed E-state index contributed by atoms with van der Waals surface area (Å²) in [6, 6.07) is 5.93. The van der Waals surface area contributed by atoms with Crippen molar-refractivity contribution >= 4 is 11.4 Å². The summed E-state index contributed by atoms with van der Waals surface area (Å²) in [7, 11) is 1.68. The molecule has 0 amide bonds. The van der Waals surface area contributed by atoms with Crippen LogP contribution in [0.4, 0.5) is 11.4 Å². The van der Waals surface area contributed by atoms with Crippen LogP contribution < -0.4 is 11.1 Å². The monoisotopic (exact) mass is 252 g/mol. The molecule has 4 nitrogen and oxygen atoms in total. The minimum atomic E-state index is 0.670. The van der Waals surface area contributed by atoms with E-state index in [1.807, 2.05) is 18.2 Å². The summed E-state index contributed by atoms with van der Waals surface area (Å²) < 4.78 is 10.3. The van der Waals surface area contributed by atoms with E-state index in [1.54, 1.807) is 7.11 Å². The molecule has 0 spiro atoms. The van der Waals surface area contributed by atoms with Crippen molar-refractivity contribution in [2.24, 2.45) is 0 Å². The van der Waals surface area contributed by atoms with E-state index in [4.69, 9.17) is 15.2 Å². The van der Waals surface area contributed by atoms with Crippen molar-refractivity contribution in [3.05, 3.63) is 23.8 Å². The van der Waals surface area contributed by atoms with Gasteiger partial charge in [0.2, 0.25) is 0 Å². The van der Waals surface area contributed by atoms with Gasteiger partial charge < -0.3 is 20.5 Å². The Balaban J connectivity index is 2.07. The maximum Gasteiger partial charge on any atom is 0.0700 e. The zero-order valence-electron chi connectivity index (χ0n) is 11.4. The molecular formula is C14H24N2O2. The number of rotatable bonds is 9. The molecule has 0 heterocycles. The third-order valence-electron chi connectivity index (χ3n) is 2.71. The Morgan fingerprint density at radius 1 is 1.17 bits per heavy atom. The first-order chi connectivity index (χ1) is 8.74. The number of nitrogen functional groups attached to an aromatic ring is 1. The zero-order valence-corrected chi connectivity index (χ0v) is 11.4. The van der Waals surface area contributed by atoms with Crippen LogP contribution in [0, 0.1) is 6.92 Å². The molecule has 0 aliphatic carbocycles. The second-order valence-electron chi connectivity index (χ2n) is 4.31. The zero-order chi connectivity index (χ0) is 13.2. The second kappa shape index (κ2) is 8.78. The van der Waals surface area contributed by atoms with E-state index in [9.17, 15) is 0 Å². The summed E-state index contributed by atoms with van der Waals surface area (Å²) in [5.41, 5.74) is 8.86. The Morgan fingerprint density at radius 2 is 2.00 bits per heavy atom. The van der Waals surface area contributed by atoms with E-state index in [1.165, 1.54) is 5.56 Å². The summed E-state index contributed by atoms with van der Waals surface area (Å²) in [4.78, 5) is 0.